The minimum absolute atomic E-state index is 0.215. The summed E-state index contributed by atoms with van der Waals surface area (Å²) < 4.78 is 5.56. The fourth-order valence-electron chi connectivity index (χ4n) is 2.37. The number of carbonyl (C=O) groups is 2. The van der Waals surface area contributed by atoms with Gasteiger partial charge in [-0.3, -0.25) is 20.4 Å². The van der Waals surface area contributed by atoms with Crippen LogP contribution in [0.25, 0.3) is 0 Å². The zero-order valence-corrected chi connectivity index (χ0v) is 11.9. The average Bonchev–Trinajstić information content (AvgIpc) is 2.98. The van der Waals surface area contributed by atoms with E-state index in [1.54, 1.807) is 0 Å². The second kappa shape index (κ2) is 6.30. The van der Waals surface area contributed by atoms with Gasteiger partial charge in [0.15, 0.2) is 6.10 Å². The van der Waals surface area contributed by atoms with Crippen LogP contribution in [0.5, 0.6) is 5.75 Å². The van der Waals surface area contributed by atoms with Crippen LogP contribution in [0.1, 0.15) is 11.1 Å². The number of nitrogens with one attached hydrogen (secondary N) is 2. The van der Waals surface area contributed by atoms with Crippen LogP contribution in [-0.4, -0.2) is 17.9 Å². The lowest BCUT2D eigenvalue weighted by molar-refractivity contribution is -0.132. The van der Waals surface area contributed by atoms with Gasteiger partial charge in [-0.1, -0.05) is 48.5 Å². The van der Waals surface area contributed by atoms with Gasteiger partial charge in [-0.15, -0.1) is 0 Å². The molecule has 112 valence electrons. The molecule has 5 nitrogen and oxygen atoms in total. The number of fused-ring (bicyclic) bond motifs is 1. The third-order valence-corrected chi connectivity index (χ3v) is 3.47. The Balaban J connectivity index is 1.48. The first-order chi connectivity index (χ1) is 10.7. The minimum atomic E-state index is -0.602. The molecule has 5 heteroatoms. The standard InChI is InChI=1S/C17H16N2O3/c20-16(10-12-6-2-1-3-7-12)18-19-17(21)15-11-13-8-4-5-9-14(13)22-15/h1-9,15H,10-11H2,(H,18,20)(H,19,21). The number of amides is 2. The normalized spacial score (nSPS) is 15.5. The second-order valence-corrected chi connectivity index (χ2v) is 5.12. The summed E-state index contributed by atoms with van der Waals surface area (Å²) in [5.74, 6) is 0.103. The Kier molecular flexibility index (Phi) is 4.05. The monoisotopic (exact) mass is 296 g/mol. The first-order valence-corrected chi connectivity index (χ1v) is 7.09. The van der Waals surface area contributed by atoms with Crippen molar-refractivity contribution in [2.24, 2.45) is 0 Å². The van der Waals surface area contributed by atoms with Crippen molar-refractivity contribution in [2.45, 2.75) is 18.9 Å². The number of benzene rings is 2. The molecule has 1 aliphatic rings. The van der Waals surface area contributed by atoms with Gasteiger partial charge in [0, 0.05) is 6.42 Å². The van der Waals surface area contributed by atoms with Crippen LogP contribution in [0.2, 0.25) is 0 Å². The van der Waals surface area contributed by atoms with Crippen LogP contribution in [-0.2, 0) is 22.4 Å². The van der Waals surface area contributed by atoms with Crippen molar-refractivity contribution < 1.29 is 14.3 Å². The number of hydrazine groups is 1. The second-order valence-electron chi connectivity index (χ2n) is 5.12. The van der Waals surface area contributed by atoms with Gasteiger partial charge in [-0.25, -0.2) is 0 Å². The Morgan fingerprint density at radius 2 is 1.73 bits per heavy atom. The van der Waals surface area contributed by atoms with E-state index < -0.39 is 6.10 Å². The molecule has 22 heavy (non-hydrogen) atoms. The fourth-order valence-corrected chi connectivity index (χ4v) is 2.37. The summed E-state index contributed by atoms with van der Waals surface area (Å²) in [5, 5.41) is 0. The summed E-state index contributed by atoms with van der Waals surface area (Å²) in [4.78, 5) is 23.8. The van der Waals surface area contributed by atoms with Crippen molar-refractivity contribution in [3.63, 3.8) is 0 Å². The Morgan fingerprint density at radius 1 is 1.00 bits per heavy atom. The topological polar surface area (TPSA) is 67.4 Å². The lowest BCUT2D eigenvalue weighted by Crippen LogP contribution is -2.48. The van der Waals surface area contributed by atoms with Crippen LogP contribution in [0.15, 0.2) is 54.6 Å². The molecule has 1 unspecified atom stereocenters. The third-order valence-electron chi connectivity index (χ3n) is 3.47. The highest BCUT2D eigenvalue weighted by Gasteiger charge is 2.28. The predicted octanol–water partition coefficient (Wildman–Crippen LogP) is 1.38. The Bertz CT molecular complexity index is 660. The predicted molar refractivity (Wildman–Crippen MR) is 81.0 cm³/mol. The molecule has 1 atom stereocenters. The Labute approximate surface area is 128 Å². The number of hydrogen-bond donors (Lipinski definition) is 2. The quantitative estimate of drug-likeness (QED) is 0.841. The van der Waals surface area contributed by atoms with E-state index in [0.717, 1.165) is 16.9 Å². The molecule has 0 spiro atoms. The van der Waals surface area contributed by atoms with Gasteiger partial charge < -0.3 is 4.74 Å². The SMILES string of the molecule is O=C(Cc1ccccc1)NNC(=O)C1Cc2ccccc2O1. The van der Waals surface area contributed by atoms with Crippen LogP contribution < -0.4 is 15.6 Å². The van der Waals surface area contributed by atoms with Crippen LogP contribution in [0, 0.1) is 0 Å². The zero-order chi connectivity index (χ0) is 15.4. The Hall–Kier alpha value is -2.82. The van der Waals surface area contributed by atoms with Gasteiger partial charge in [0.1, 0.15) is 5.75 Å². The van der Waals surface area contributed by atoms with Crippen molar-refractivity contribution >= 4 is 11.8 Å². The molecule has 0 bridgehead atoms. The summed E-state index contributed by atoms with van der Waals surface area (Å²) in [7, 11) is 0. The van der Waals surface area contributed by atoms with Crippen LogP contribution >= 0.6 is 0 Å². The van der Waals surface area contributed by atoms with E-state index in [-0.39, 0.29) is 18.2 Å². The van der Waals surface area contributed by atoms with E-state index >= 15 is 0 Å². The summed E-state index contributed by atoms with van der Waals surface area (Å²) in [6, 6.07) is 16.9. The van der Waals surface area contributed by atoms with Crippen molar-refractivity contribution in [3.8, 4) is 5.75 Å². The molecule has 2 aromatic rings. The third kappa shape index (κ3) is 3.25. The molecule has 2 amide bonds. The van der Waals surface area contributed by atoms with E-state index in [9.17, 15) is 9.59 Å². The van der Waals surface area contributed by atoms with Gasteiger partial charge in [-0.2, -0.15) is 0 Å². The molecule has 2 aromatic carbocycles. The molecule has 3 rings (SSSR count). The number of hydrogen-bond acceptors (Lipinski definition) is 3. The van der Waals surface area contributed by atoms with Crippen molar-refractivity contribution in [2.75, 3.05) is 0 Å². The van der Waals surface area contributed by atoms with E-state index in [0.29, 0.717) is 6.42 Å². The molecular weight excluding hydrogens is 280 g/mol. The number of ether oxygens (including phenoxy) is 1. The van der Waals surface area contributed by atoms with Gasteiger partial charge in [0.2, 0.25) is 5.91 Å². The molecular formula is C17H16N2O3. The van der Waals surface area contributed by atoms with Crippen molar-refractivity contribution in [1.82, 2.24) is 10.9 Å². The number of rotatable bonds is 3. The lowest BCUT2D eigenvalue weighted by atomic mass is 10.1. The van der Waals surface area contributed by atoms with E-state index in [4.69, 9.17) is 4.74 Å². The molecule has 0 saturated heterocycles. The van der Waals surface area contributed by atoms with Crippen LogP contribution in [0.4, 0.5) is 0 Å². The maximum absolute atomic E-state index is 12.0. The number of carbonyl (C=O) groups excluding carboxylic acids is 2. The molecule has 0 fully saturated rings. The van der Waals surface area contributed by atoms with E-state index in [1.807, 2.05) is 54.6 Å². The molecule has 0 aliphatic carbocycles. The molecule has 1 aliphatic heterocycles. The molecule has 2 N–H and O–H groups in total. The highest BCUT2D eigenvalue weighted by atomic mass is 16.5. The molecule has 0 saturated carbocycles. The average molecular weight is 296 g/mol. The largest absolute Gasteiger partial charge is 0.480 e. The summed E-state index contributed by atoms with van der Waals surface area (Å²) in [6.45, 7) is 0. The zero-order valence-electron chi connectivity index (χ0n) is 11.9. The van der Waals surface area contributed by atoms with Gasteiger partial charge in [-0.05, 0) is 17.2 Å². The maximum atomic E-state index is 12.0. The minimum Gasteiger partial charge on any atom is -0.480 e. The summed E-state index contributed by atoms with van der Waals surface area (Å²) >= 11 is 0. The smallest absolute Gasteiger partial charge is 0.279 e. The molecule has 1 heterocycles. The highest BCUT2D eigenvalue weighted by Crippen LogP contribution is 2.27. The van der Waals surface area contributed by atoms with Crippen LogP contribution in [0.3, 0.4) is 0 Å². The fraction of sp³-hybridized carbons (Fsp3) is 0.176. The molecule has 0 radical (unpaired) electrons. The van der Waals surface area contributed by atoms with Gasteiger partial charge in [0.25, 0.3) is 5.91 Å². The van der Waals surface area contributed by atoms with Crippen molar-refractivity contribution in [1.29, 1.82) is 0 Å². The number of para-hydroxylation sites is 1. The Morgan fingerprint density at radius 3 is 2.50 bits per heavy atom. The summed E-state index contributed by atoms with van der Waals surface area (Å²) in [6.07, 6.45) is 0.123. The van der Waals surface area contributed by atoms with Gasteiger partial charge in [0.05, 0.1) is 6.42 Å². The molecule has 0 aromatic heterocycles. The van der Waals surface area contributed by atoms with Gasteiger partial charge >= 0.3 is 0 Å². The lowest BCUT2D eigenvalue weighted by Gasteiger charge is -2.12. The first kappa shape index (κ1) is 14.1. The maximum Gasteiger partial charge on any atom is 0.279 e. The van der Waals surface area contributed by atoms with Crippen molar-refractivity contribution in [3.05, 3.63) is 65.7 Å². The highest BCUT2D eigenvalue weighted by molar-refractivity contribution is 5.86. The van der Waals surface area contributed by atoms with E-state index in [2.05, 4.69) is 10.9 Å². The van der Waals surface area contributed by atoms with E-state index in [1.165, 1.54) is 0 Å². The first-order valence-electron chi connectivity index (χ1n) is 7.09. The summed E-state index contributed by atoms with van der Waals surface area (Å²) in [5.41, 5.74) is 6.72.